The Morgan fingerprint density at radius 2 is 2.21 bits per heavy atom. The number of H-pyrrole nitrogens is 1. The molecule has 96 valence electrons. The number of hydrogen-bond acceptors (Lipinski definition) is 2. The van der Waals surface area contributed by atoms with Crippen molar-refractivity contribution < 1.29 is 9.90 Å². The summed E-state index contributed by atoms with van der Waals surface area (Å²) in [6, 6.07) is 5.05. The molecule has 4 nitrogen and oxygen atoms in total. The molecule has 0 radical (unpaired) electrons. The van der Waals surface area contributed by atoms with Gasteiger partial charge >= 0.3 is 5.97 Å². The second-order valence-corrected chi connectivity index (χ2v) is 4.22. The average Bonchev–Trinajstić information content (AvgIpc) is 2.39. The molecular formula is C14H10ClNO3. The maximum Gasteiger partial charge on any atom is 0.341 e. The molecule has 0 unspecified atom stereocenters. The summed E-state index contributed by atoms with van der Waals surface area (Å²) in [6.45, 7) is 0. The molecule has 0 fully saturated rings. The predicted molar refractivity (Wildman–Crippen MR) is 73.7 cm³/mol. The van der Waals surface area contributed by atoms with Gasteiger partial charge in [-0.05, 0) is 18.2 Å². The van der Waals surface area contributed by atoms with Crippen LogP contribution in [-0.4, -0.2) is 21.9 Å². The number of benzene rings is 1. The first-order chi connectivity index (χ1) is 9.13. The van der Waals surface area contributed by atoms with Crippen LogP contribution in [0, 0.1) is 11.8 Å². The highest BCUT2D eigenvalue weighted by Crippen LogP contribution is 2.10. The Labute approximate surface area is 114 Å². The minimum Gasteiger partial charge on any atom is -0.477 e. The predicted octanol–water partition coefficient (Wildman–Crippen LogP) is 2.21. The molecule has 0 saturated carbocycles. The van der Waals surface area contributed by atoms with Gasteiger partial charge in [0, 0.05) is 35.0 Å². The van der Waals surface area contributed by atoms with Gasteiger partial charge < -0.3 is 10.1 Å². The Kier molecular flexibility index (Phi) is 3.88. The molecule has 0 atom stereocenters. The van der Waals surface area contributed by atoms with Gasteiger partial charge in [0.2, 0.25) is 5.43 Å². The van der Waals surface area contributed by atoms with E-state index in [0.717, 1.165) is 0 Å². The Balaban J connectivity index is 2.58. The van der Waals surface area contributed by atoms with E-state index in [-0.39, 0.29) is 5.56 Å². The molecule has 0 bridgehead atoms. The number of nitrogens with one attached hydrogen (secondary N) is 1. The summed E-state index contributed by atoms with van der Waals surface area (Å²) < 4.78 is 0. The first kappa shape index (κ1) is 13.2. The van der Waals surface area contributed by atoms with Crippen molar-refractivity contribution in [2.45, 2.75) is 6.42 Å². The molecule has 2 aromatic rings. The molecule has 0 aliphatic heterocycles. The van der Waals surface area contributed by atoms with Crippen LogP contribution >= 0.6 is 11.6 Å². The van der Waals surface area contributed by atoms with Crippen molar-refractivity contribution in [3.63, 3.8) is 0 Å². The topological polar surface area (TPSA) is 70.2 Å². The van der Waals surface area contributed by atoms with Crippen LogP contribution in [0.4, 0.5) is 0 Å². The third-order valence-corrected chi connectivity index (χ3v) is 2.75. The molecule has 1 aromatic carbocycles. The van der Waals surface area contributed by atoms with Gasteiger partial charge in [-0.3, -0.25) is 4.79 Å². The molecule has 0 saturated heterocycles. The van der Waals surface area contributed by atoms with Crippen molar-refractivity contribution in [1.29, 1.82) is 0 Å². The molecular weight excluding hydrogens is 266 g/mol. The summed E-state index contributed by atoms with van der Waals surface area (Å²) in [6.07, 6.45) is 1.76. The Morgan fingerprint density at radius 1 is 1.42 bits per heavy atom. The molecule has 19 heavy (non-hydrogen) atoms. The fourth-order valence-corrected chi connectivity index (χ4v) is 1.76. The second kappa shape index (κ2) is 5.59. The highest BCUT2D eigenvalue weighted by Gasteiger charge is 2.11. The number of carboxylic acid groups (broad SMARTS) is 1. The number of fused-ring (bicyclic) bond motifs is 1. The Bertz CT molecular complexity index is 753. The van der Waals surface area contributed by atoms with Crippen LogP contribution in [0.2, 0.25) is 0 Å². The average molecular weight is 276 g/mol. The van der Waals surface area contributed by atoms with E-state index in [1.807, 2.05) is 0 Å². The number of hydrogen-bond donors (Lipinski definition) is 2. The van der Waals surface area contributed by atoms with Gasteiger partial charge in [-0.25, -0.2) is 4.79 Å². The Hall–Kier alpha value is -2.25. The summed E-state index contributed by atoms with van der Waals surface area (Å²) in [5.41, 5.74) is 0.448. The number of alkyl halides is 1. The molecule has 0 aliphatic rings. The van der Waals surface area contributed by atoms with E-state index in [2.05, 4.69) is 16.8 Å². The SMILES string of the molecule is O=C(O)c1c[nH]c2ccc(C#CCCCl)cc2c1=O. The lowest BCUT2D eigenvalue weighted by molar-refractivity contribution is 0.0695. The van der Waals surface area contributed by atoms with E-state index >= 15 is 0 Å². The molecule has 0 aliphatic carbocycles. The zero-order chi connectivity index (χ0) is 13.8. The van der Waals surface area contributed by atoms with E-state index in [0.29, 0.717) is 28.8 Å². The summed E-state index contributed by atoms with van der Waals surface area (Å²) in [7, 11) is 0. The first-order valence-electron chi connectivity index (χ1n) is 5.57. The number of halogens is 1. The van der Waals surface area contributed by atoms with Crippen LogP contribution in [0.3, 0.4) is 0 Å². The number of carboxylic acids is 1. The summed E-state index contributed by atoms with van der Waals surface area (Å²) >= 11 is 5.52. The van der Waals surface area contributed by atoms with Gasteiger partial charge in [0.25, 0.3) is 0 Å². The highest BCUT2D eigenvalue weighted by atomic mass is 35.5. The van der Waals surface area contributed by atoms with E-state index in [4.69, 9.17) is 16.7 Å². The smallest absolute Gasteiger partial charge is 0.341 e. The number of aromatic amines is 1. The van der Waals surface area contributed by atoms with Gasteiger partial charge in [-0.15, -0.1) is 11.6 Å². The zero-order valence-electron chi connectivity index (χ0n) is 9.87. The molecule has 1 aromatic heterocycles. The van der Waals surface area contributed by atoms with Crippen LogP contribution in [0.5, 0.6) is 0 Å². The van der Waals surface area contributed by atoms with Gasteiger partial charge in [0.05, 0.1) is 0 Å². The molecule has 0 spiro atoms. The van der Waals surface area contributed by atoms with E-state index in [1.54, 1.807) is 18.2 Å². The zero-order valence-corrected chi connectivity index (χ0v) is 10.6. The monoisotopic (exact) mass is 275 g/mol. The van der Waals surface area contributed by atoms with Crippen molar-refractivity contribution in [1.82, 2.24) is 4.98 Å². The van der Waals surface area contributed by atoms with Crippen LogP contribution in [0.25, 0.3) is 10.9 Å². The van der Waals surface area contributed by atoms with E-state index < -0.39 is 11.4 Å². The number of rotatable bonds is 2. The summed E-state index contributed by atoms with van der Waals surface area (Å²) in [4.78, 5) is 25.7. The highest BCUT2D eigenvalue weighted by molar-refractivity contribution is 6.18. The third-order valence-electron chi connectivity index (χ3n) is 2.56. The normalized spacial score (nSPS) is 9.95. The molecule has 0 amide bonds. The lowest BCUT2D eigenvalue weighted by Gasteiger charge is -2.00. The standard InChI is InChI=1S/C14H10ClNO3/c15-6-2-1-3-9-4-5-12-10(7-9)13(17)11(8-16-12)14(18)19/h4-5,7-8H,2,6H2,(H,16,17)(H,18,19). The van der Waals surface area contributed by atoms with Crippen LogP contribution < -0.4 is 5.43 Å². The maximum absolute atomic E-state index is 12.0. The van der Waals surface area contributed by atoms with Crippen LogP contribution in [-0.2, 0) is 0 Å². The first-order valence-corrected chi connectivity index (χ1v) is 6.10. The molecule has 2 N–H and O–H groups in total. The van der Waals surface area contributed by atoms with Crippen molar-refractivity contribution in [3.8, 4) is 11.8 Å². The minimum atomic E-state index is -1.25. The maximum atomic E-state index is 12.0. The van der Waals surface area contributed by atoms with Crippen molar-refractivity contribution in [3.05, 3.63) is 45.7 Å². The molecule has 1 heterocycles. The second-order valence-electron chi connectivity index (χ2n) is 3.84. The summed E-state index contributed by atoms with van der Waals surface area (Å²) in [5.74, 6) is 4.94. The van der Waals surface area contributed by atoms with Crippen LogP contribution in [0.15, 0.2) is 29.2 Å². The fourth-order valence-electron chi connectivity index (χ4n) is 1.67. The minimum absolute atomic E-state index is 0.279. The van der Waals surface area contributed by atoms with Gasteiger partial charge in [0.1, 0.15) is 5.56 Å². The van der Waals surface area contributed by atoms with Gasteiger partial charge in [0.15, 0.2) is 0 Å². The fraction of sp³-hybridized carbons (Fsp3) is 0.143. The number of pyridine rings is 1. The van der Waals surface area contributed by atoms with E-state index in [1.165, 1.54) is 6.20 Å². The lowest BCUT2D eigenvalue weighted by Crippen LogP contribution is -2.15. The molecule has 2 rings (SSSR count). The number of aromatic nitrogens is 1. The molecule has 5 heteroatoms. The summed E-state index contributed by atoms with van der Waals surface area (Å²) in [5, 5.41) is 9.22. The van der Waals surface area contributed by atoms with E-state index in [9.17, 15) is 9.59 Å². The van der Waals surface area contributed by atoms with Crippen molar-refractivity contribution in [2.24, 2.45) is 0 Å². The van der Waals surface area contributed by atoms with Gasteiger partial charge in [-0.2, -0.15) is 0 Å². The Morgan fingerprint density at radius 3 is 2.89 bits per heavy atom. The largest absolute Gasteiger partial charge is 0.477 e. The van der Waals surface area contributed by atoms with Crippen LogP contribution in [0.1, 0.15) is 22.3 Å². The van der Waals surface area contributed by atoms with Crippen molar-refractivity contribution >= 4 is 28.5 Å². The van der Waals surface area contributed by atoms with Crippen molar-refractivity contribution in [2.75, 3.05) is 5.88 Å². The number of aromatic carboxylic acids is 1. The quantitative estimate of drug-likeness (QED) is 0.652. The lowest BCUT2D eigenvalue weighted by atomic mass is 10.1. The van der Waals surface area contributed by atoms with Gasteiger partial charge in [-0.1, -0.05) is 11.8 Å². The third kappa shape index (κ3) is 2.78. The number of carbonyl (C=O) groups is 1.